The van der Waals surface area contributed by atoms with E-state index in [1.54, 1.807) is 6.20 Å². The third-order valence-corrected chi connectivity index (χ3v) is 3.36. The molecule has 0 saturated heterocycles. The number of nitrogens with zero attached hydrogens (tertiary/aromatic N) is 2. The number of aryl methyl sites for hydroxylation is 2. The highest BCUT2D eigenvalue weighted by Crippen LogP contribution is 2.14. The van der Waals surface area contributed by atoms with E-state index < -0.39 is 0 Å². The summed E-state index contributed by atoms with van der Waals surface area (Å²) in [5, 5.41) is 2.84. The molecule has 0 aliphatic heterocycles. The fourth-order valence-corrected chi connectivity index (χ4v) is 2.39. The maximum Gasteiger partial charge on any atom is 0.244 e. The fourth-order valence-electron chi connectivity index (χ4n) is 2.39. The van der Waals surface area contributed by atoms with Crippen molar-refractivity contribution in [1.82, 2.24) is 9.88 Å². The molecule has 0 spiro atoms. The van der Waals surface area contributed by atoms with Crippen LogP contribution in [0, 0.1) is 13.8 Å². The van der Waals surface area contributed by atoms with Crippen molar-refractivity contribution in [3.05, 3.63) is 59.4 Å². The smallest absolute Gasteiger partial charge is 0.244 e. The van der Waals surface area contributed by atoms with Gasteiger partial charge in [0.25, 0.3) is 0 Å². The van der Waals surface area contributed by atoms with Crippen LogP contribution in [0.5, 0.6) is 0 Å². The zero-order chi connectivity index (χ0) is 16.8. The number of amides is 2. The molecule has 2 amide bonds. The molecule has 2 aromatic rings. The van der Waals surface area contributed by atoms with Gasteiger partial charge in [0.05, 0.1) is 12.2 Å². The average molecular weight is 311 g/mol. The van der Waals surface area contributed by atoms with Crippen LogP contribution in [0.3, 0.4) is 0 Å². The van der Waals surface area contributed by atoms with Crippen LogP contribution in [0.15, 0.2) is 42.6 Å². The van der Waals surface area contributed by atoms with Crippen LogP contribution in [0.4, 0.5) is 5.69 Å². The Balaban J connectivity index is 2.02. The van der Waals surface area contributed by atoms with Gasteiger partial charge in [0.2, 0.25) is 11.8 Å². The van der Waals surface area contributed by atoms with Crippen LogP contribution in [-0.4, -0.2) is 28.2 Å². The summed E-state index contributed by atoms with van der Waals surface area (Å²) in [6.45, 7) is 5.72. The van der Waals surface area contributed by atoms with Crippen molar-refractivity contribution in [1.29, 1.82) is 0 Å². The monoisotopic (exact) mass is 311 g/mol. The zero-order valence-electron chi connectivity index (χ0n) is 13.7. The second-order valence-electron chi connectivity index (χ2n) is 5.62. The number of carbonyl (C=O) groups excluding carboxylic acids is 2. The van der Waals surface area contributed by atoms with Gasteiger partial charge < -0.3 is 10.2 Å². The number of aromatic nitrogens is 1. The number of hydrogen-bond acceptors (Lipinski definition) is 3. The molecule has 120 valence electrons. The zero-order valence-corrected chi connectivity index (χ0v) is 13.7. The van der Waals surface area contributed by atoms with Crippen molar-refractivity contribution < 1.29 is 9.59 Å². The van der Waals surface area contributed by atoms with E-state index in [9.17, 15) is 9.59 Å². The highest BCUT2D eigenvalue weighted by molar-refractivity contribution is 5.94. The minimum Gasteiger partial charge on any atom is -0.328 e. The molecule has 2 rings (SSSR count). The van der Waals surface area contributed by atoms with Crippen LogP contribution < -0.4 is 5.32 Å². The molecule has 1 N–H and O–H groups in total. The van der Waals surface area contributed by atoms with Crippen molar-refractivity contribution >= 4 is 17.5 Å². The van der Waals surface area contributed by atoms with Gasteiger partial charge in [-0.15, -0.1) is 0 Å². The van der Waals surface area contributed by atoms with E-state index in [0.29, 0.717) is 6.54 Å². The van der Waals surface area contributed by atoms with Gasteiger partial charge in [0.15, 0.2) is 0 Å². The third-order valence-electron chi connectivity index (χ3n) is 3.36. The molecular weight excluding hydrogens is 290 g/mol. The number of pyridine rings is 1. The minimum atomic E-state index is -0.221. The quantitative estimate of drug-likeness (QED) is 0.923. The molecule has 0 bridgehead atoms. The molecule has 1 aromatic carbocycles. The van der Waals surface area contributed by atoms with Crippen molar-refractivity contribution in [2.24, 2.45) is 0 Å². The van der Waals surface area contributed by atoms with E-state index in [2.05, 4.69) is 10.3 Å². The summed E-state index contributed by atoms with van der Waals surface area (Å²) in [5.74, 6) is -0.382. The number of nitrogens with one attached hydrogen (secondary N) is 1. The lowest BCUT2D eigenvalue weighted by Gasteiger charge is -2.20. The van der Waals surface area contributed by atoms with Crippen LogP contribution in [0.25, 0.3) is 0 Å². The lowest BCUT2D eigenvalue weighted by atomic mass is 10.1. The number of rotatable bonds is 5. The van der Waals surface area contributed by atoms with Crippen LogP contribution in [0.2, 0.25) is 0 Å². The normalized spacial score (nSPS) is 10.2. The lowest BCUT2D eigenvalue weighted by Crippen LogP contribution is -2.36. The van der Waals surface area contributed by atoms with Crippen molar-refractivity contribution in [3.63, 3.8) is 0 Å². The summed E-state index contributed by atoms with van der Waals surface area (Å²) < 4.78 is 0. The Bertz CT molecular complexity index is 678. The lowest BCUT2D eigenvalue weighted by molar-refractivity contribution is -0.133. The predicted octanol–water partition coefficient (Wildman–Crippen LogP) is 2.69. The number of carbonyl (C=O) groups is 2. The Labute approximate surface area is 136 Å². The number of anilines is 1. The van der Waals surface area contributed by atoms with Crippen LogP contribution >= 0.6 is 0 Å². The first-order chi connectivity index (χ1) is 10.9. The molecule has 0 saturated carbocycles. The van der Waals surface area contributed by atoms with Gasteiger partial charge in [-0.3, -0.25) is 14.6 Å². The molecule has 5 heteroatoms. The van der Waals surface area contributed by atoms with Gasteiger partial charge >= 0.3 is 0 Å². The average Bonchev–Trinajstić information content (AvgIpc) is 2.46. The molecule has 0 unspecified atom stereocenters. The first-order valence-electron chi connectivity index (χ1n) is 7.47. The molecule has 1 heterocycles. The molecule has 0 atom stereocenters. The topological polar surface area (TPSA) is 62.3 Å². The Hall–Kier alpha value is -2.69. The highest BCUT2D eigenvalue weighted by Gasteiger charge is 2.15. The molecule has 0 aliphatic carbocycles. The van der Waals surface area contributed by atoms with E-state index in [0.717, 1.165) is 22.5 Å². The van der Waals surface area contributed by atoms with Gasteiger partial charge in [-0.2, -0.15) is 0 Å². The Kier molecular flexibility index (Phi) is 5.46. The van der Waals surface area contributed by atoms with E-state index in [-0.39, 0.29) is 18.4 Å². The number of benzene rings is 1. The maximum atomic E-state index is 12.2. The largest absolute Gasteiger partial charge is 0.328 e. The highest BCUT2D eigenvalue weighted by atomic mass is 16.2. The van der Waals surface area contributed by atoms with Crippen molar-refractivity contribution in [2.75, 3.05) is 11.9 Å². The maximum absolute atomic E-state index is 12.2. The molecule has 0 radical (unpaired) electrons. The molecule has 1 aromatic heterocycles. The summed E-state index contributed by atoms with van der Waals surface area (Å²) >= 11 is 0. The van der Waals surface area contributed by atoms with Gasteiger partial charge in [-0.05, 0) is 49.2 Å². The second kappa shape index (κ2) is 7.54. The van der Waals surface area contributed by atoms with Gasteiger partial charge in [0, 0.05) is 18.8 Å². The second-order valence-corrected chi connectivity index (χ2v) is 5.62. The summed E-state index contributed by atoms with van der Waals surface area (Å²) in [6.07, 6.45) is 1.67. The van der Waals surface area contributed by atoms with Crippen molar-refractivity contribution in [3.8, 4) is 0 Å². The molecular formula is C18H21N3O2. The molecule has 0 aliphatic rings. The molecule has 0 fully saturated rings. The number of hydrogen-bond donors (Lipinski definition) is 1. The Morgan fingerprint density at radius 1 is 1.13 bits per heavy atom. The Morgan fingerprint density at radius 2 is 1.83 bits per heavy atom. The van der Waals surface area contributed by atoms with E-state index in [1.807, 2.05) is 50.2 Å². The molecule has 5 nitrogen and oxygen atoms in total. The third kappa shape index (κ3) is 5.21. The van der Waals surface area contributed by atoms with Gasteiger partial charge in [-0.25, -0.2) is 0 Å². The SMILES string of the molecule is CC(=O)N(CC(=O)Nc1cc(C)cc(C)c1)Cc1ccccn1. The van der Waals surface area contributed by atoms with E-state index >= 15 is 0 Å². The molecule has 23 heavy (non-hydrogen) atoms. The van der Waals surface area contributed by atoms with Gasteiger partial charge in [0.1, 0.15) is 6.54 Å². The van der Waals surface area contributed by atoms with Gasteiger partial charge in [-0.1, -0.05) is 12.1 Å². The Morgan fingerprint density at radius 3 is 2.39 bits per heavy atom. The van der Waals surface area contributed by atoms with E-state index in [4.69, 9.17) is 0 Å². The summed E-state index contributed by atoms with van der Waals surface area (Å²) in [6, 6.07) is 11.4. The first-order valence-corrected chi connectivity index (χ1v) is 7.47. The van der Waals surface area contributed by atoms with E-state index in [1.165, 1.54) is 11.8 Å². The standard InChI is InChI=1S/C18H21N3O2/c1-13-8-14(2)10-17(9-13)20-18(23)12-21(15(3)22)11-16-6-4-5-7-19-16/h4-10H,11-12H2,1-3H3,(H,20,23). The fraction of sp³-hybridized carbons (Fsp3) is 0.278. The summed E-state index contributed by atoms with van der Waals surface area (Å²) in [4.78, 5) is 29.6. The predicted molar refractivity (Wildman–Crippen MR) is 89.9 cm³/mol. The van der Waals surface area contributed by atoms with Crippen molar-refractivity contribution in [2.45, 2.75) is 27.3 Å². The summed E-state index contributed by atoms with van der Waals surface area (Å²) in [7, 11) is 0. The summed E-state index contributed by atoms with van der Waals surface area (Å²) in [5.41, 5.74) is 3.66. The minimum absolute atomic E-state index is 0.00109. The first kappa shape index (κ1) is 16.7. The van der Waals surface area contributed by atoms with Crippen LogP contribution in [-0.2, 0) is 16.1 Å². The van der Waals surface area contributed by atoms with Crippen LogP contribution in [0.1, 0.15) is 23.7 Å².